The van der Waals surface area contributed by atoms with Gasteiger partial charge >= 0.3 is 0 Å². The Kier molecular flexibility index (Phi) is 2.20. The van der Waals surface area contributed by atoms with Crippen molar-refractivity contribution in [1.29, 1.82) is 0 Å². The standard InChI is InChI=1S/C10H10O2S/c1-12-5-7-6-13-10-3-2-8(11)4-9(7)10/h2-4,6,11H,5H2,1H3. The molecule has 2 aromatic rings. The van der Waals surface area contributed by atoms with Crippen molar-refractivity contribution >= 4 is 21.4 Å². The van der Waals surface area contributed by atoms with E-state index < -0.39 is 0 Å². The van der Waals surface area contributed by atoms with E-state index in [1.54, 1.807) is 30.6 Å². The second kappa shape index (κ2) is 3.36. The quantitative estimate of drug-likeness (QED) is 0.796. The molecule has 1 N–H and O–H groups in total. The lowest BCUT2D eigenvalue weighted by Crippen LogP contribution is -1.83. The van der Waals surface area contributed by atoms with Gasteiger partial charge in [0, 0.05) is 17.2 Å². The molecule has 0 spiro atoms. The van der Waals surface area contributed by atoms with Crippen LogP contribution in [0.4, 0.5) is 0 Å². The highest BCUT2D eigenvalue weighted by atomic mass is 32.1. The molecule has 0 fully saturated rings. The molecule has 0 amide bonds. The number of fused-ring (bicyclic) bond motifs is 1. The topological polar surface area (TPSA) is 29.5 Å². The average molecular weight is 194 g/mol. The van der Waals surface area contributed by atoms with Crippen LogP contribution in [0.25, 0.3) is 10.1 Å². The zero-order chi connectivity index (χ0) is 9.26. The summed E-state index contributed by atoms with van der Waals surface area (Å²) in [5.74, 6) is 0.309. The van der Waals surface area contributed by atoms with Gasteiger partial charge in [0.05, 0.1) is 6.61 Å². The van der Waals surface area contributed by atoms with Gasteiger partial charge < -0.3 is 9.84 Å². The summed E-state index contributed by atoms with van der Waals surface area (Å²) in [6, 6.07) is 5.41. The Morgan fingerprint density at radius 2 is 2.31 bits per heavy atom. The van der Waals surface area contributed by atoms with Gasteiger partial charge in [-0.1, -0.05) is 0 Å². The molecule has 1 aromatic heterocycles. The summed E-state index contributed by atoms with van der Waals surface area (Å²) in [6.45, 7) is 0.601. The van der Waals surface area contributed by atoms with Crippen LogP contribution in [0.5, 0.6) is 5.75 Å². The highest BCUT2D eigenvalue weighted by Crippen LogP contribution is 2.29. The van der Waals surface area contributed by atoms with E-state index in [4.69, 9.17) is 4.74 Å². The summed E-state index contributed by atoms with van der Waals surface area (Å²) in [5, 5.41) is 12.5. The first-order chi connectivity index (χ1) is 6.31. The summed E-state index contributed by atoms with van der Waals surface area (Å²) in [5.41, 5.74) is 1.14. The number of ether oxygens (including phenoxy) is 1. The Hall–Kier alpha value is -1.06. The van der Waals surface area contributed by atoms with Gasteiger partial charge in [-0.2, -0.15) is 0 Å². The van der Waals surface area contributed by atoms with Crippen LogP contribution in [0.1, 0.15) is 5.56 Å². The molecule has 2 rings (SSSR count). The van der Waals surface area contributed by atoms with Crippen LogP contribution in [0, 0.1) is 0 Å². The first kappa shape index (κ1) is 8.53. The van der Waals surface area contributed by atoms with Gasteiger partial charge in [-0.3, -0.25) is 0 Å². The zero-order valence-electron chi connectivity index (χ0n) is 7.28. The molecule has 0 unspecified atom stereocenters. The molecule has 1 aromatic carbocycles. The molecule has 0 bridgehead atoms. The second-order valence-corrected chi connectivity index (χ2v) is 3.79. The Bertz CT molecular complexity index is 420. The number of thiophene rings is 1. The summed E-state index contributed by atoms with van der Waals surface area (Å²) >= 11 is 1.67. The fraction of sp³-hybridized carbons (Fsp3) is 0.200. The van der Waals surface area contributed by atoms with Gasteiger partial charge in [-0.05, 0) is 29.1 Å². The Morgan fingerprint density at radius 3 is 3.08 bits per heavy atom. The maximum atomic E-state index is 9.31. The molecule has 0 saturated carbocycles. The van der Waals surface area contributed by atoms with Crippen LogP contribution in [-0.2, 0) is 11.3 Å². The van der Waals surface area contributed by atoms with Gasteiger partial charge in [-0.15, -0.1) is 11.3 Å². The van der Waals surface area contributed by atoms with E-state index in [0.717, 1.165) is 10.9 Å². The predicted octanol–water partition coefficient (Wildman–Crippen LogP) is 2.75. The van der Waals surface area contributed by atoms with Gasteiger partial charge in [0.25, 0.3) is 0 Å². The number of hydrogen-bond donors (Lipinski definition) is 1. The highest BCUT2D eigenvalue weighted by molar-refractivity contribution is 7.17. The van der Waals surface area contributed by atoms with Crippen LogP contribution in [0.2, 0.25) is 0 Å². The molecular formula is C10H10O2S. The summed E-state index contributed by atoms with van der Waals surface area (Å²) in [4.78, 5) is 0. The largest absolute Gasteiger partial charge is 0.508 e. The lowest BCUT2D eigenvalue weighted by molar-refractivity contribution is 0.186. The molecule has 0 aliphatic carbocycles. The van der Waals surface area contributed by atoms with E-state index >= 15 is 0 Å². The highest BCUT2D eigenvalue weighted by Gasteiger charge is 2.03. The van der Waals surface area contributed by atoms with E-state index in [-0.39, 0.29) is 0 Å². The van der Waals surface area contributed by atoms with Crippen molar-refractivity contribution in [1.82, 2.24) is 0 Å². The van der Waals surface area contributed by atoms with E-state index in [2.05, 4.69) is 5.38 Å². The lowest BCUT2D eigenvalue weighted by Gasteiger charge is -1.97. The lowest BCUT2D eigenvalue weighted by atomic mass is 10.2. The smallest absolute Gasteiger partial charge is 0.116 e. The fourth-order valence-electron chi connectivity index (χ4n) is 1.34. The molecular weight excluding hydrogens is 184 g/mol. The predicted molar refractivity (Wildman–Crippen MR) is 54.2 cm³/mol. The van der Waals surface area contributed by atoms with Crippen LogP contribution >= 0.6 is 11.3 Å². The number of aromatic hydroxyl groups is 1. The van der Waals surface area contributed by atoms with Crippen LogP contribution in [0.3, 0.4) is 0 Å². The van der Waals surface area contributed by atoms with E-state index in [1.165, 1.54) is 4.70 Å². The van der Waals surface area contributed by atoms with Gasteiger partial charge in [-0.25, -0.2) is 0 Å². The molecule has 0 saturated heterocycles. The molecule has 0 aliphatic rings. The minimum atomic E-state index is 0.309. The maximum absolute atomic E-state index is 9.31. The van der Waals surface area contributed by atoms with Crippen molar-refractivity contribution in [2.24, 2.45) is 0 Å². The van der Waals surface area contributed by atoms with Crippen LogP contribution in [0.15, 0.2) is 23.6 Å². The first-order valence-corrected chi connectivity index (χ1v) is 4.87. The number of hydrogen-bond acceptors (Lipinski definition) is 3. The molecule has 1 heterocycles. The molecule has 2 nitrogen and oxygen atoms in total. The van der Waals surface area contributed by atoms with E-state index in [0.29, 0.717) is 12.4 Å². The molecule has 3 heteroatoms. The van der Waals surface area contributed by atoms with Crippen molar-refractivity contribution in [3.8, 4) is 5.75 Å². The van der Waals surface area contributed by atoms with Gasteiger partial charge in [0.1, 0.15) is 5.75 Å². The average Bonchev–Trinajstić information content (AvgIpc) is 2.49. The van der Waals surface area contributed by atoms with E-state index in [9.17, 15) is 5.11 Å². The first-order valence-electron chi connectivity index (χ1n) is 3.99. The third-order valence-electron chi connectivity index (χ3n) is 1.94. The van der Waals surface area contributed by atoms with Gasteiger partial charge in [0.2, 0.25) is 0 Å². The number of methoxy groups -OCH3 is 1. The van der Waals surface area contributed by atoms with Gasteiger partial charge in [0.15, 0.2) is 0 Å². The number of rotatable bonds is 2. The fourth-order valence-corrected chi connectivity index (χ4v) is 2.26. The number of phenolic OH excluding ortho intramolecular Hbond substituents is 1. The van der Waals surface area contributed by atoms with Crippen molar-refractivity contribution in [2.45, 2.75) is 6.61 Å². The molecule has 0 radical (unpaired) electrons. The van der Waals surface area contributed by atoms with Crippen molar-refractivity contribution in [3.05, 3.63) is 29.1 Å². The monoisotopic (exact) mass is 194 g/mol. The second-order valence-electron chi connectivity index (χ2n) is 2.87. The van der Waals surface area contributed by atoms with Crippen molar-refractivity contribution in [3.63, 3.8) is 0 Å². The third-order valence-corrected chi connectivity index (χ3v) is 2.95. The van der Waals surface area contributed by atoms with E-state index in [1.807, 2.05) is 6.07 Å². The zero-order valence-corrected chi connectivity index (χ0v) is 8.10. The number of benzene rings is 1. The summed E-state index contributed by atoms with van der Waals surface area (Å²) < 4.78 is 6.24. The minimum Gasteiger partial charge on any atom is -0.508 e. The Labute approximate surface area is 80.4 Å². The van der Waals surface area contributed by atoms with Crippen molar-refractivity contribution in [2.75, 3.05) is 7.11 Å². The van der Waals surface area contributed by atoms with Crippen LogP contribution < -0.4 is 0 Å². The number of phenols is 1. The van der Waals surface area contributed by atoms with Crippen molar-refractivity contribution < 1.29 is 9.84 Å². The maximum Gasteiger partial charge on any atom is 0.116 e. The normalized spacial score (nSPS) is 10.8. The molecule has 0 atom stereocenters. The summed E-state index contributed by atoms with van der Waals surface area (Å²) in [7, 11) is 1.67. The summed E-state index contributed by atoms with van der Waals surface area (Å²) in [6.07, 6.45) is 0. The Balaban J connectivity index is 2.58. The molecule has 13 heavy (non-hydrogen) atoms. The molecule has 0 aliphatic heterocycles. The van der Waals surface area contributed by atoms with Crippen LogP contribution in [-0.4, -0.2) is 12.2 Å². The molecule has 68 valence electrons. The minimum absolute atomic E-state index is 0.309. The Morgan fingerprint density at radius 1 is 1.46 bits per heavy atom. The SMILES string of the molecule is COCc1csc2ccc(O)cc12. The third kappa shape index (κ3) is 1.53.